The summed E-state index contributed by atoms with van der Waals surface area (Å²) in [6, 6.07) is 0. The number of carbonyl (C=O) groups is 1. The molecule has 2 unspecified atom stereocenters. The molecule has 0 radical (unpaired) electrons. The fraction of sp³-hybridized carbons (Fsp3) is 0.875. The van der Waals surface area contributed by atoms with Crippen LogP contribution in [0.4, 0.5) is 0 Å². The quantitative estimate of drug-likeness (QED) is 0.610. The fourth-order valence-electron chi connectivity index (χ4n) is 1.16. The molecule has 2 atom stereocenters. The number of ether oxygens (including phenoxy) is 1. The highest BCUT2D eigenvalue weighted by atomic mass is 16.6. The minimum atomic E-state index is -0.588. The van der Waals surface area contributed by atoms with Crippen molar-refractivity contribution in [2.75, 3.05) is 6.61 Å². The van der Waals surface area contributed by atoms with E-state index in [-0.39, 0.29) is 5.91 Å². The Hall–Kier alpha value is -0.570. The zero-order valence-corrected chi connectivity index (χ0v) is 7.09. The van der Waals surface area contributed by atoms with Gasteiger partial charge in [0.05, 0.1) is 6.61 Å². The molecule has 1 saturated heterocycles. The molecule has 1 rings (SSSR count). The van der Waals surface area contributed by atoms with E-state index in [9.17, 15) is 4.79 Å². The molecule has 0 spiro atoms. The normalized spacial score (nSPS) is 31.5. The van der Waals surface area contributed by atoms with Crippen molar-refractivity contribution in [1.82, 2.24) is 0 Å². The lowest BCUT2D eigenvalue weighted by molar-refractivity contribution is -0.123. The van der Waals surface area contributed by atoms with Crippen LogP contribution >= 0.6 is 0 Å². The molecule has 0 saturated carbocycles. The van der Waals surface area contributed by atoms with Crippen LogP contribution in [0, 0.1) is 5.92 Å². The van der Waals surface area contributed by atoms with Crippen LogP contribution in [0.3, 0.4) is 0 Å². The van der Waals surface area contributed by atoms with Gasteiger partial charge in [-0.15, -0.1) is 0 Å². The third kappa shape index (κ3) is 1.71. The molecule has 0 aliphatic carbocycles. The molecule has 0 bridgehead atoms. The van der Waals surface area contributed by atoms with E-state index < -0.39 is 5.60 Å². The zero-order chi connectivity index (χ0) is 8.48. The highest BCUT2D eigenvalue weighted by Gasteiger charge is 2.51. The molecule has 1 aliphatic rings. The van der Waals surface area contributed by atoms with E-state index in [1.807, 2.05) is 0 Å². The van der Waals surface area contributed by atoms with Gasteiger partial charge in [-0.3, -0.25) is 4.79 Å². The summed E-state index contributed by atoms with van der Waals surface area (Å²) in [4.78, 5) is 10.8. The summed E-state index contributed by atoms with van der Waals surface area (Å²) >= 11 is 0. The van der Waals surface area contributed by atoms with Gasteiger partial charge in [0, 0.05) is 0 Å². The smallest absolute Gasteiger partial charge is 0.252 e. The summed E-state index contributed by atoms with van der Waals surface area (Å²) in [6.45, 7) is 4.72. The van der Waals surface area contributed by atoms with E-state index in [1.165, 1.54) is 0 Å². The first-order valence-corrected chi connectivity index (χ1v) is 4.04. The Morgan fingerprint density at radius 2 is 2.36 bits per heavy atom. The second kappa shape index (κ2) is 2.81. The predicted octanol–water partition coefficient (Wildman–Crippen LogP) is 0.677. The first kappa shape index (κ1) is 8.53. The molecule has 1 fully saturated rings. The molecule has 11 heavy (non-hydrogen) atoms. The number of amides is 1. The Bertz CT molecular complexity index is 163. The first-order chi connectivity index (χ1) is 5.10. The summed E-state index contributed by atoms with van der Waals surface area (Å²) < 4.78 is 5.06. The Morgan fingerprint density at radius 3 is 2.64 bits per heavy atom. The Morgan fingerprint density at radius 1 is 1.82 bits per heavy atom. The van der Waals surface area contributed by atoms with E-state index in [1.54, 1.807) is 0 Å². The second-order valence-electron chi connectivity index (χ2n) is 3.36. The largest absolute Gasteiger partial charge is 0.367 e. The van der Waals surface area contributed by atoms with E-state index in [4.69, 9.17) is 10.5 Å². The molecular formula is C8H15NO2. The van der Waals surface area contributed by atoms with E-state index in [0.717, 1.165) is 12.8 Å². The number of epoxide rings is 1. The van der Waals surface area contributed by atoms with Gasteiger partial charge in [0.1, 0.15) is 0 Å². The summed E-state index contributed by atoms with van der Waals surface area (Å²) in [5.41, 5.74) is 4.58. The topological polar surface area (TPSA) is 55.6 Å². The van der Waals surface area contributed by atoms with Crippen molar-refractivity contribution in [3.8, 4) is 0 Å². The monoisotopic (exact) mass is 157 g/mol. The molecule has 0 aromatic heterocycles. The lowest BCUT2D eigenvalue weighted by Crippen LogP contribution is -2.33. The Balaban J connectivity index is 2.41. The fourth-order valence-corrected chi connectivity index (χ4v) is 1.16. The van der Waals surface area contributed by atoms with E-state index >= 15 is 0 Å². The van der Waals surface area contributed by atoms with Gasteiger partial charge in [0.25, 0.3) is 5.91 Å². The second-order valence-corrected chi connectivity index (χ2v) is 3.36. The molecule has 0 aromatic rings. The molecule has 64 valence electrons. The summed E-state index contributed by atoms with van der Waals surface area (Å²) in [5.74, 6) is 0.211. The van der Waals surface area contributed by atoms with Gasteiger partial charge < -0.3 is 10.5 Å². The van der Waals surface area contributed by atoms with Gasteiger partial charge in [-0.05, 0) is 12.3 Å². The maximum Gasteiger partial charge on any atom is 0.252 e. The van der Waals surface area contributed by atoms with Crippen molar-refractivity contribution in [2.45, 2.75) is 32.3 Å². The number of primary amides is 1. The molecule has 1 heterocycles. The highest BCUT2D eigenvalue weighted by Crippen LogP contribution is 2.34. The molecule has 3 heteroatoms. The predicted molar refractivity (Wildman–Crippen MR) is 41.9 cm³/mol. The van der Waals surface area contributed by atoms with Crippen LogP contribution in [0.1, 0.15) is 26.7 Å². The van der Waals surface area contributed by atoms with Crippen LogP contribution in [0.2, 0.25) is 0 Å². The third-order valence-corrected chi connectivity index (χ3v) is 2.32. The van der Waals surface area contributed by atoms with Gasteiger partial charge in [-0.25, -0.2) is 0 Å². The van der Waals surface area contributed by atoms with Crippen molar-refractivity contribution in [3.63, 3.8) is 0 Å². The first-order valence-electron chi connectivity index (χ1n) is 4.04. The van der Waals surface area contributed by atoms with Crippen molar-refractivity contribution < 1.29 is 9.53 Å². The van der Waals surface area contributed by atoms with Gasteiger partial charge in [-0.1, -0.05) is 20.3 Å². The number of rotatable bonds is 4. The van der Waals surface area contributed by atoms with Crippen LogP contribution in [-0.4, -0.2) is 18.1 Å². The van der Waals surface area contributed by atoms with Gasteiger partial charge in [0.15, 0.2) is 5.60 Å². The third-order valence-electron chi connectivity index (χ3n) is 2.32. The minimum Gasteiger partial charge on any atom is -0.367 e. The lowest BCUT2D eigenvalue weighted by atomic mass is 9.94. The number of nitrogens with two attached hydrogens (primary N) is 1. The van der Waals surface area contributed by atoms with E-state index in [2.05, 4.69) is 13.8 Å². The van der Waals surface area contributed by atoms with Crippen LogP contribution in [0.5, 0.6) is 0 Å². The van der Waals surface area contributed by atoms with Gasteiger partial charge >= 0.3 is 0 Å². The summed E-state index contributed by atoms with van der Waals surface area (Å²) in [7, 11) is 0. The zero-order valence-electron chi connectivity index (χ0n) is 7.09. The highest BCUT2D eigenvalue weighted by molar-refractivity contribution is 5.86. The van der Waals surface area contributed by atoms with E-state index in [0.29, 0.717) is 12.5 Å². The molecular weight excluding hydrogens is 142 g/mol. The SMILES string of the molecule is CCC(C)CC1(C(N)=O)CO1. The van der Waals surface area contributed by atoms with Crippen molar-refractivity contribution >= 4 is 5.91 Å². The van der Waals surface area contributed by atoms with Crippen LogP contribution in [0.25, 0.3) is 0 Å². The number of carbonyl (C=O) groups excluding carboxylic acids is 1. The minimum absolute atomic E-state index is 0.308. The van der Waals surface area contributed by atoms with Gasteiger partial charge in [0.2, 0.25) is 0 Å². The molecule has 2 N–H and O–H groups in total. The molecule has 1 amide bonds. The van der Waals surface area contributed by atoms with Crippen LogP contribution in [0.15, 0.2) is 0 Å². The van der Waals surface area contributed by atoms with Gasteiger partial charge in [-0.2, -0.15) is 0 Å². The molecule has 0 aromatic carbocycles. The average Bonchev–Trinajstić information content (AvgIpc) is 2.69. The average molecular weight is 157 g/mol. The van der Waals surface area contributed by atoms with Crippen molar-refractivity contribution in [1.29, 1.82) is 0 Å². The molecule has 3 nitrogen and oxygen atoms in total. The number of hydrogen-bond donors (Lipinski definition) is 1. The van der Waals surface area contributed by atoms with Crippen molar-refractivity contribution in [2.24, 2.45) is 11.7 Å². The molecule has 1 aliphatic heterocycles. The summed E-state index contributed by atoms with van der Waals surface area (Å²) in [5, 5.41) is 0. The Kier molecular flexibility index (Phi) is 2.18. The standard InChI is InChI=1S/C8H15NO2/c1-3-6(2)4-8(5-11-8)7(9)10/h6H,3-5H2,1-2H3,(H2,9,10). The number of hydrogen-bond acceptors (Lipinski definition) is 2. The van der Waals surface area contributed by atoms with Crippen molar-refractivity contribution in [3.05, 3.63) is 0 Å². The maximum absolute atomic E-state index is 10.8. The van der Waals surface area contributed by atoms with Crippen LogP contribution in [-0.2, 0) is 9.53 Å². The van der Waals surface area contributed by atoms with Crippen LogP contribution < -0.4 is 5.73 Å². The lowest BCUT2D eigenvalue weighted by Gasteiger charge is -2.11. The Labute approximate surface area is 66.9 Å². The maximum atomic E-state index is 10.8. The summed E-state index contributed by atoms with van der Waals surface area (Å²) in [6.07, 6.45) is 1.84.